The smallest absolute Gasteiger partial charge is 0.257 e. The summed E-state index contributed by atoms with van der Waals surface area (Å²) in [4.78, 5) is 14.6. The van der Waals surface area contributed by atoms with Crippen LogP contribution in [0.5, 0.6) is 5.75 Å². The predicted molar refractivity (Wildman–Crippen MR) is 96.5 cm³/mol. The van der Waals surface area contributed by atoms with E-state index < -0.39 is 5.82 Å². The minimum absolute atomic E-state index is 0.190. The number of amides is 1. The number of benzene rings is 1. The van der Waals surface area contributed by atoms with Crippen LogP contribution in [0.15, 0.2) is 30.6 Å². The highest BCUT2D eigenvalue weighted by Gasteiger charge is 2.26. The van der Waals surface area contributed by atoms with Gasteiger partial charge in [0.15, 0.2) is 0 Å². The fraction of sp³-hybridized carbons (Fsp3) is 0.474. The second-order valence-corrected chi connectivity index (χ2v) is 6.75. The maximum absolute atomic E-state index is 13.6. The highest BCUT2D eigenvalue weighted by atomic mass is 19.1. The van der Waals surface area contributed by atoms with Crippen LogP contribution in [0.25, 0.3) is 0 Å². The summed E-state index contributed by atoms with van der Waals surface area (Å²) in [5.74, 6) is 0.233. The molecule has 1 saturated heterocycles. The molecule has 6 nitrogen and oxygen atoms in total. The lowest BCUT2D eigenvalue weighted by atomic mass is 9.96. The summed E-state index contributed by atoms with van der Waals surface area (Å²) in [7, 11) is 0. The summed E-state index contributed by atoms with van der Waals surface area (Å²) in [6, 6.07) is 4.03. The number of likely N-dealkylation sites (tertiary alicyclic amines) is 1. The van der Waals surface area contributed by atoms with Crippen molar-refractivity contribution in [1.29, 1.82) is 0 Å². The summed E-state index contributed by atoms with van der Waals surface area (Å²) in [6.45, 7) is 4.81. The zero-order valence-electron chi connectivity index (χ0n) is 15.0. The number of nitrogens with zero attached hydrogens (tertiary/aromatic N) is 3. The fourth-order valence-electron chi connectivity index (χ4n) is 3.28. The van der Waals surface area contributed by atoms with E-state index in [4.69, 9.17) is 10.5 Å². The molecule has 0 radical (unpaired) electrons. The van der Waals surface area contributed by atoms with Gasteiger partial charge in [-0.1, -0.05) is 0 Å². The Balaban J connectivity index is 1.62. The van der Waals surface area contributed by atoms with Crippen LogP contribution >= 0.6 is 0 Å². The number of rotatable bonds is 6. The Morgan fingerprint density at radius 2 is 2.15 bits per heavy atom. The van der Waals surface area contributed by atoms with Crippen LogP contribution in [0.2, 0.25) is 0 Å². The first-order chi connectivity index (χ1) is 12.6. The van der Waals surface area contributed by atoms with E-state index in [1.165, 1.54) is 18.2 Å². The van der Waals surface area contributed by atoms with Gasteiger partial charge in [0.2, 0.25) is 0 Å². The molecule has 0 bridgehead atoms. The van der Waals surface area contributed by atoms with Gasteiger partial charge in [-0.3, -0.25) is 9.48 Å². The molecule has 0 aliphatic carbocycles. The van der Waals surface area contributed by atoms with Gasteiger partial charge in [-0.2, -0.15) is 5.10 Å². The summed E-state index contributed by atoms with van der Waals surface area (Å²) in [5.41, 5.74) is 6.86. The summed E-state index contributed by atoms with van der Waals surface area (Å²) in [5, 5.41) is 4.33. The van der Waals surface area contributed by atoms with Crippen molar-refractivity contribution in [1.82, 2.24) is 14.7 Å². The van der Waals surface area contributed by atoms with Crippen molar-refractivity contribution in [3.8, 4) is 5.75 Å². The van der Waals surface area contributed by atoms with Crippen molar-refractivity contribution in [3.63, 3.8) is 0 Å². The number of aromatic nitrogens is 2. The zero-order chi connectivity index (χ0) is 18.5. The maximum Gasteiger partial charge on any atom is 0.257 e. The Labute approximate surface area is 152 Å². The second-order valence-electron chi connectivity index (χ2n) is 6.75. The highest BCUT2D eigenvalue weighted by Crippen LogP contribution is 2.25. The van der Waals surface area contributed by atoms with E-state index in [1.807, 2.05) is 24.0 Å². The monoisotopic (exact) mass is 360 g/mol. The van der Waals surface area contributed by atoms with Gasteiger partial charge in [0.05, 0.1) is 11.8 Å². The van der Waals surface area contributed by atoms with E-state index >= 15 is 0 Å². The third-order valence-corrected chi connectivity index (χ3v) is 4.66. The van der Waals surface area contributed by atoms with E-state index in [0.717, 1.165) is 24.9 Å². The summed E-state index contributed by atoms with van der Waals surface area (Å²) >= 11 is 0. The van der Waals surface area contributed by atoms with Crippen LogP contribution in [0.3, 0.4) is 0 Å². The molecule has 26 heavy (non-hydrogen) atoms. The van der Waals surface area contributed by atoms with Crippen LogP contribution in [0.1, 0.15) is 28.8 Å². The molecule has 2 heterocycles. The van der Waals surface area contributed by atoms with Gasteiger partial charge in [0.1, 0.15) is 18.2 Å². The molecule has 0 unspecified atom stereocenters. The molecule has 0 atom stereocenters. The molecular formula is C19H25FN4O2. The van der Waals surface area contributed by atoms with Crippen LogP contribution < -0.4 is 10.5 Å². The molecule has 1 fully saturated rings. The lowest BCUT2D eigenvalue weighted by Crippen LogP contribution is -2.39. The summed E-state index contributed by atoms with van der Waals surface area (Å²) in [6.07, 6.45) is 5.69. The molecule has 7 heteroatoms. The first kappa shape index (κ1) is 18.4. The average Bonchev–Trinajstić information content (AvgIpc) is 3.05. The summed E-state index contributed by atoms with van der Waals surface area (Å²) < 4.78 is 21.1. The Kier molecular flexibility index (Phi) is 5.88. The van der Waals surface area contributed by atoms with Crippen molar-refractivity contribution in [2.24, 2.45) is 11.7 Å². The van der Waals surface area contributed by atoms with E-state index in [0.29, 0.717) is 31.3 Å². The standard InChI is InChI=1S/C19H25FN4O2/c1-14-11-22-24(12-14)13-15-4-7-23(8-5-15)19(25)17-10-16(20)2-3-18(17)26-9-6-21/h2-3,10-12,15H,4-9,13,21H2,1H3. The number of ether oxygens (including phenoxy) is 1. The van der Waals surface area contributed by atoms with Crippen molar-refractivity contribution >= 4 is 5.91 Å². The average molecular weight is 360 g/mol. The van der Waals surface area contributed by atoms with Crippen molar-refractivity contribution in [2.75, 3.05) is 26.2 Å². The first-order valence-corrected chi connectivity index (χ1v) is 8.97. The quantitative estimate of drug-likeness (QED) is 0.857. The minimum atomic E-state index is -0.447. The van der Waals surface area contributed by atoms with Gasteiger partial charge in [-0.05, 0) is 49.4 Å². The molecule has 1 aliphatic heterocycles. The van der Waals surface area contributed by atoms with E-state index in [-0.39, 0.29) is 18.1 Å². The molecule has 1 aliphatic rings. The van der Waals surface area contributed by atoms with Gasteiger partial charge < -0.3 is 15.4 Å². The molecule has 2 aromatic rings. The second kappa shape index (κ2) is 8.31. The molecule has 2 N–H and O–H groups in total. The third-order valence-electron chi connectivity index (χ3n) is 4.66. The molecule has 1 aromatic heterocycles. The van der Waals surface area contributed by atoms with Crippen molar-refractivity contribution in [3.05, 3.63) is 47.5 Å². The lowest BCUT2D eigenvalue weighted by Gasteiger charge is -2.32. The van der Waals surface area contributed by atoms with Gasteiger partial charge in [-0.15, -0.1) is 0 Å². The van der Waals surface area contributed by atoms with Crippen molar-refractivity contribution < 1.29 is 13.9 Å². The molecule has 1 amide bonds. The van der Waals surface area contributed by atoms with Crippen LogP contribution in [0, 0.1) is 18.7 Å². The lowest BCUT2D eigenvalue weighted by molar-refractivity contribution is 0.0676. The van der Waals surface area contributed by atoms with Crippen molar-refractivity contribution in [2.45, 2.75) is 26.3 Å². The SMILES string of the molecule is Cc1cnn(CC2CCN(C(=O)c3cc(F)ccc3OCCN)CC2)c1. The number of aryl methyl sites for hydroxylation is 1. The normalized spacial score (nSPS) is 15.3. The maximum atomic E-state index is 13.6. The Morgan fingerprint density at radius 1 is 1.38 bits per heavy atom. The predicted octanol–water partition coefficient (Wildman–Crippen LogP) is 2.22. The van der Waals surface area contributed by atoms with Crippen LogP contribution in [-0.4, -0.2) is 46.8 Å². The number of piperidine rings is 1. The number of nitrogens with two attached hydrogens (primary N) is 1. The molecule has 0 spiro atoms. The number of carbonyl (C=O) groups is 1. The molecule has 140 valence electrons. The largest absolute Gasteiger partial charge is 0.491 e. The Bertz CT molecular complexity index is 754. The Morgan fingerprint density at radius 3 is 2.81 bits per heavy atom. The van der Waals surface area contributed by atoms with Crippen LogP contribution in [0.4, 0.5) is 4.39 Å². The van der Waals surface area contributed by atoms with Crippen LogP contribution in [-0.2, 0) is 6.54 Å². The van der Waals surface area contributed by atoms with E-state index in [1.54, 1.807) is 4.90 Å². The van der Waals surface area contributed by atoms with Gasteiger partial charge >= 0.3 is 0 Å². The molecular weight excluding hydrogens is 335 g/mol. The minimum Gasteiger partial charge on any atom is -0.491 e. The number of hydrogen-bond donors (Lipinski definition) is 1. The third kappa shape index (κ3) is 4.40. The highest BCUT2D eigenvalue weighted by molar-refractivity contribution is 5.97. The van der Waals surface area contributed by atoms with Gasteiger partial charge in [0.25, 0.3) is 5.91 Å². The Hall–Kier alpha value is -2.41. The van der Waals surface area contributed by atoms with E-state index in [2.05, 4.69) is 5.10 Å². The molecule has 0 saturated carbocycles. The number of halogens is 1. The topological polar surface area (TPSA) is 73.4 Å². The van der Waals surface area contributed by atoms with Gasteiger partial charge in [0, 0.05) is 32.4 Å². The molecule has 3 rings (SSSR count). The zero-order valence-corrected chi connectivity index (χ0v) is 15.0. The van der Waals surface area contributed by atoms with Gasteiger partial charge in [-0.25, -0.2) is 4.39 Å². The number of hydrogen-bond acceptors (Lipinski definition) is 4. The number of carbonyl (C=O) groups excluding carboxylic acids is 1. The fourth-order valence-corrected chi connectivity index (χ4v) is 3.28. The molecule has 1 aromatic carbocycles. The van der Waals surface area contributed by atoms with E-state index in [9.17, 15) is 9.18 Å². The first-order valence-electron chi connectivity index (χ1n) is 8.97.